The van der Waals surface area contributed by atoms with Crippen molar-refractivity contribution >= 4 is 23.4 Å². The van der Waals surface area contributed by atoms with Gasteiger partial charge in [0.1, 0.15) is 11.9 Å². The van der Waals surface area contributed by atoms with Gasteiger partial charge in [-0.2, -0.15) is 0 Å². The molecule has 0 bridgehead atoms. The highest BCUT2D eigenvalue weighted by atomic mass is 35.5. The van der Waals surface area contributed by atoms with Gasteiger partial charge in [0.2, 0.25) is 0 Å². The lowest BCUT2D eigenvalue weighted by Crippen LogP contribution is -2.42. The number of rotatable bonds is 4. The lowest BCUT2D eigenvalue weighted by atomic mass is 10.0. The molecule has 5 nitrogen and oxygen atoms in total. The van der Waals surface area contributed by atoms with Crippen molar-refractivity contribution in [1.29, 1.82) is 0 Å². The first-order valence-electron chi connectivity index (χ1n) is 9.85. The molecule has 2 amide bonds. The van der Waals surface area contributed by atoms with Crippen molar-refractivity contribution < 1.29 is 14.3 Å². The predicted molar refractivity (Wildman–Crippen MR) is 115 cm³/mol. The van der Waals surface area contributed by atoms with Gasteiger partial charge in [-0.05, 0) is 69.3 Å². The minimum Gasteiger partial charge on any atom is -0.490 e. The van der Waals surface area contributed by atoms with Crippen LogP contribution in [0.25, 0.3) is 0 Å². The van der Waals surface area contributed by atoms with Gasteiger partial charge in [-0.25, -0.2) is 0 Å². The minimum absolute atomic E-state index is 0.0160. The summed E-state index contributed by atoms with van der Waals surface area (Å²) in [4.78, 5) is 26.8. The van der Waals surface area contributed by atoms with Crippen molar-refractivity contribution in [3.8, 4) is 5.75 Å². The molecule has 1 aliphatic rings. The van der Waals surface area contributed by atoms with E-state index < -0.39 is 0 Å². The molecule has 0 spiro atoms. The lowest BCUT2D eigenvalue weighted by molar-refractivity contribution is 0.0595. The summed E-state index contributed by atoms with van der Waals surface area (Å²) in [6.45, 7) is 7.09. The smallest absolute Gasteiger partial charge is 0.253 e. The first kappa shape index (κ1) is 21.2. The summed E-state index contributed by atoms with van der Waals surface area (Å²) < 4.78 is 5.98. The first-order valence-corrected chi connectivity index (χ1v) is 10.2. The average Bonchev–Trinajstić information content (AvgIpc) is 2.69. The second kappa shape index (κ2) is 8.87. The maximum Gasteiger partial charge on any atom is 0.253 e. The van der Waals surface area contributed by atoms with Crippen molar-refractivity contribution in [3.63, 3.8) is 0 Å². The van der Waals surface area contributed by atoms with E-state index >= 15 is 0 Å². The molecule has 1 aliphatic heterocycles. The second-order valence-electron chi connectivity index (χ2n) is 8.34. The van der Waals surface area contributed by atoms with Crippen molar-refractivity contribution in [3.05, 3.63) is 64.7 Å². The Morgan fingerprint density at radius 2 is 1.52 bits per heavy atom. The van der Waals surface area contributed by atoms with E-state index in [1.165, 1.54) is 0 Å². The summed E-state index contributed by atoms with van der Waals surface area (Å²) in [6.07, 6.45) is 1.64. The molecule has 1 saturated heterocycles. The van der Waals surface area contributed by atoms with Gasteiger partial charge in [0.25, 0.3) is 11.8 Å². The number of halogens is 1. The fourth-order valence-corrected chi connectivity index (χ4v) is 3.37. The molecule has 6 heteroatoms. The van der Waals surface area contributed by atoms with Crippen LogP contribution >= 0.6 is 11.6 Å². The van der Waals surface area contributed by atoms with Crippen LogP contribution in [0.5, 0.6) is 5.75 Å². The van der Waals surface area contributed by atoms with Crippen LogP contribution < -0.4 is 10.1 Å². The zero-order chi connectivity index (χ0) is 21.0. The number of piperidine rings is 1. The van der Waals surface area contributed by atoms with E-state index in [1.807, 2.05) is 37.8 Å². The van der Waals surface area contributed by atoms with Gasteiger partial charge in [0, 0.05) is 47.6 Å². The quantitative estimate of drug-likeness (QED) is 0.798. The fraction of sp³-hybridized carbons (Fsp3) is 0.391. The zero-order valence-corrected chi connectivity index (χ0v) is 17.8. The highest BCUT2D eigenvalue weighted by Crippen LogP contribution is 2.22. The highest BCUT2D eigenvalue weighted by molar-refractivity contribution is 6.30. The van der Waals surface area contributed by atoms with E-state index in [1.54, 1.807) is 36.4 Å². The molecule has 0 saturated carbocycles. The monoisotopic (exact) mass is 414 g/mol. The van der Waals surface area contributed by atoms with Crippen LogP contribution in [-0.4, -0.2) is 41.4 Å². The summed E-state index contributed by atoms with van der Waals surface area (Å²) in [5, 5.41) is 3.60. The van der Waals surface area contributed by atoms with E-state index in [2.05, 4.69) is 5.32 Å². The van der Waals surface area contributed by atoms with Crippen molar-refractivity contribution in [2.45, 2.75) is 45.3 Å². The van der Waals surface area contributed by atoms with Gasteiger partial charge in [-0.1, -0.05) is 11.6 Å². The van der Waals surface area contributed by atoms with Gasteiger partial charge in [0.15, 0.2) is 0 Å². The molecule has 1 N–H and O–H groups in total. The maximum absolute atomic E-state index is 12.8. The number of amides is 2. The number of nitrogens with one attached hydrogen (secondary N) is 1. The molecule has 0 aliphatic carbocycles. The van der Waals surface area contributed by atoms with E-state index in [0.717, 1.165) is 18.6 Å². The summed E-state index contributed by atoms with van der Waals surface area (Å²) in [5.74, 6) is 0.637. The Morgan fingerprint density at radius 3 is 2.07 bits per heavy atom. The molecule has 1 heterocycles. The average molecular weight is 415 g/mol. The molecule has 29 heavy (non-hydrogen) atoms. The number of likely N-dealkylation sites (tertiary alicyclic amines) is 1. The van der Waals surface area contributed by atoms with Crippen LogP contribution in [0.1, 0.15) is 54.3 Å². The molecular formula is C23H27ClN2O3. The molecule has 0 radical (unpaired) electrons. The third-order valence-corrected chi connectivity index (χ3v) is 4.98. The summed E-state index contributed by atoms with van der Waals surface area (Å²) in [5.41, 5.74) is 0.838. The number of carbonyl (C=O) groups excluding carboxylic acids is 2. The van der Waals surface area contributed by atoms with E-state index in [-0.39, 0.29) is 23.5 Å². The van der Waals surface area contributed by atoms with E-state index in [4.69, 9.17) is 16.3 Å². The van der Waals surface area contributed by atoms with Crippen LogP contribution in [-0.2, 0) is 0 Å². The topological polar surface area (TPSA) is 58.6 Å². The molecule has 0 aromatic heterocycles. The molecule has 0 atom stereocenters. The molecule has 2 aromatic rings. The number of nitrogens with zero attached hydrogens (tertiary/aromatic N) is 1. The second-order valence-corrected chi connectivity index (χ2v) is 8.78. The van der Waals surface area contributed by atoms with Crippen molar-refractivity contribution in [2.24, 2.45) is 0 Å². The largest absolute Gasteiger partial charge is 0.490 e. The maximum atomic E-state index is 12.8. The van der Waals surface area contributed by atoms with Crippen LogP contribution in [0, 0.1) is 0 Å². The normalized spacial score (nSPS) is 15.1. The number of ether oxygens (including phenoxy) is 1. The Hall–Kier alpha value is -2.53. The van der Waals surface area contributed by atoms with Crippen LogP contribution in [0.3, 0.4) is 0 Å². The third-order valence-electron chi connectivity index (χ3n) is 4.73. The predicted octanol–water partition coefficient (Wildman–Crippen LogP) is 4.55. The first-order chi connectivity index (χ1) is 13.7. The van der Waals surface area contributed by atoms with Crippen LogP contribution in [0.15, 0.2) is 48.5 Å². The number of hydrogen-bond donors (Lipinski definition) is 1. The van der Waals surface area contributed by atoms with Crippen LogP contribution in [0.4, 0.5) is 0 Å². The molecule has 1 fully saturated rings. The SMILES string of the molecule is CC(C)(C)NC(=O)c1ccc(C(=O)N2CCC(Oc3ccc(Cl)cc3)CC2)cc1. The lowest BCUT2D eigenvalue weighted by Gasteiger charge is -2.32. The third kappa shape index (κ3) is 5.97. The van der Waals surface area contributed by atoms with Crippen molar-refractivity contribution in [1.82, 2.24) is 10.2 Å². The summed E-state index contributed by atoms with van der Waals surface area (Å²) in [7, 11) is 0. The fourth-order valence-electron chi connectivity index (χ4n) is 3.24. The van der Waals surface area contributed by atoms with Gasteiger partial charge >= 0.3 is 0 Å². The standard InChI is InChI=1S/C23H27ClN2O3/c1-23(2,3)25-21(27)16-4-6-17(7-5-16)22(28)26-14-12-20(13-15-26)29-19-10-8-18(24)9-11-19/h4-11,20H,12-15H2,1-3H3,(H,25,27). The van der Waals surface area contributed by atoms with Gasteiger partial charge in [-0.15, -0.1) is 0 Å². The summed E-state index contributed by atoms with van der Waals surface area (Å²) >= 11 is 5.90. The van der Waals surface area contributed by atoms with E-state index in [9.17, 15) is 9.59 Å². The van der Waals surface area contributed by atoms with E-state index in [0.29, 0.717) is 29.2 Å². The van der Waals surface area contributed by atoms with Crippen molar-refractivity contribution in [2.75, 3.05) is 13.1 Å². The van der Waals surface area contributed by atoms with Gasteiger partial charge in [-0.3, -0.25) is 9.59 Å². The van der Waals surface area contributed by atoms with Gasteiger partial charge in [0.05, 0.1) is 0 Å². The Balaban J connectivity index is 1.53. The number of carbonyl (C=O) groups is 2. The number of hydrogen-bond acceptors (Lipinski definition) is 3. The summed E-state index contributed by atoms with van der Waals surface area (Å²) in [6, 6.07) is 14.2. The Labute approximate surface area is 177 Å². The molecular weight excluding hydrogens is 388 g/mol. The Kier molecular flexibility index (Phi) is 6.48. The zero-order valence-electron chi connectivity index (χ0n) is 17.1. The highest BCUT2D eigenvalue weighted by Gasteiger charge is 2.25. The van der Waals surface area contributed by atoms with Crippen LogP contribution in [0.2, 0.25) is 5.02 Å². The number of benzene rings is 2. The molecule has 0 unspecified atom stereocenters. The van der Waals surface area contributed by atoms with Gasteiger partial charge < -0.3 is 15.0 Å². The molecule has 3 rings (SSSR count). The minimum atomic E-state index is -0.302. The Morgan fingerprint density at radius 1 is 0.966 bits per heavy atom. The Bertz CT molecular complexity index is 849. The molecule has 2 aromatic carbocycles. The molecule has 154 valence electrons.